The number of benzene rings is 1. The summed E-state index contributed by atoms with van der Waals surface area (Å²) >= 11 is 3.44. The van der Waals surface area contributed by atoms with E-state index in [1.54, 1.807) is 6.07 Å². The fraction of sp³-hybridized carbons (Fsp3) is 0.333. The molecule has 106 valence electrons. The van der Waals surface area contributed by atoms with Crippen LogP contribution in [0.2, 0.25) is 0 Å². The average Bonchev–Trinajstić information content (AvgIpc) is 2.34. The van der Waals surface area contributed by atoms with Crippen LogP contribution in [0.3, 0.4) is 0 Å². The van der Waals surface area contributed by atoms with Crippen molar-refractivity contribution in [1.29, 1.82) is 0 Å². The molecule has 0 saturated carbocycles. The first-order chi connectivity index (χ1) is 9.38. The fourth-order valence-electron chi connectivity index (χ4n) is 2.03. The molecule has 0 saturated heterocycles. The SMILES string of the molecule is Cc1cc(F)ccc1-c1nc(N)c(Br)c(CC(C)C)n1. The Morgan fingerprint density at radius 2 is 2.00 bits per heavy atom. The number of aryl methyl sites for hydroxylation is 1. The number of hydrogen-bond donors (Lipinski definition) is 1. The second-order valence-electron chi connectivity index (χ2n) is 5.25. The van der Waals surface area contributed by atoms with Gasteiger partial charge in [-0.05, 0) is 59.0 Å². The summed E-state index contributed by atoms with van der Waals surface area (Å²) in [5.41, 5.74) is 8.42. The van der Waals surface area contributed by atoms with Gasteiger partial charge in [-0.3, -0.25) is 0 Å². The molecule has 2 N–H and O–H groups in total. The van der Waals surface area contributed by atoms with Crippen molar-refractivity contribution in [3.8, 4) is 11.4 Å². The van der Waals surface area contributed by atoms with Crippen molar-refractivity contribution in [2.45, 2.75) is 27.2 Å². The van der Waals surface area contributed by atoms with Gasteiger partial charge in [-0.15, -0.1) is 0 Å². The van der Waals surface area contributed by atoms with E-state index in [-0.39, 0.29) is 5.82 Å². The topological polar surface area (TPSA) is 51.8 Å². The smallest absolute Gasteiger partial charge is 0.162 e. The van der Waals surface area contributed by atoms with Gasteiger partial charge in [-0.2, -0.15) is 0 Å². The second kappa shape index (κ2) is 5.87. The molecular formula is C15H17BrFN3. The summed E-state index contributed by atoms with van der Waals surface area (Å²) in [4.78, 5) is 8.87. The largest absolute Gasteiger partial charge is 0.383 e. The van der Waals surface area contributed by atoms with E-state index in [9.17, 15) is 4.39 Å². The molecule has 0 bridgehead atoms. The lowest BCUT2D eigenvalue weighted by atomic mass is 10.1. The van der Waals surface area contributed by atoms with Crippen LogP contribution in [-0.2, 0) is 6.42 Å². The van der Waals surface area contributed by atoms with Crippen molar-refractivity contribution < 1.29 is 4.39 Å². The van der Waals surface area contributed by atoms with Crippen molar-refractivity contribution in [1.82, 2.24) is 9.97 Å². The third-order valence-corrected chi connectivity index (χ3v) is 3.84. The molecule has 0 fully saturated rings. The number of nitrogens with two attached hydrogens (primary N) is 1. The number of anilines is 1. The van der Waals surface area contributed by atoms with E-state index < -0.39 is 0 Å². The van der Waals surface area contributed by atoms with Gasteiger partial charge in [0.15, 0.2) is 5.82 Å². The summed E-state index contributed by atoms with van der Waals surface area (Å²) in [6.45, 7) is 6.07. The molecule has 0 aliphatic rings. The monoisotopic (exact) mass is 337 g/mol. The number of nitrogens with zero attached hydrogens (tertiary/aromatic N) is 2. The normalized spacial score (nSPS) is 11.1. The lowest BCUT2D eigenvalue weighted by molar-refractivity contribution is 0.626. The minimum absolute atomic E-state index is 0.265. The van der Waals surface area contributed by atoms with E-state index in [1.807, 2.05) is 6.92 Å². The molecule has 2 aromatic rings. The summed E-state index contributed by atoms with van der Waals surface area (Å²) < 4.78 is 13.9. The predicted molar refractivity (Wildman–Crippen MR) is 82.8 cm³/mol. The Labute approximate surface area is 126 Å². The zero-order valence-corrected chi connectivity index (χ0v) is 13.3. The van der Waals surface area contributed by atoms with Gasteiger partial charge in [-0.25, -0.2) is 14.4 Å². The number of aromatic nitrogens is 2. The van der Waals surface area contributed by atoms with Crippen LogP contribution in [0.5, 0.6) is 0 Å². The highest BCUT2D eigenvalue weighted by atomic mass is 79.9. The van der Waals surface area contributed by atoms with Gasteiger partial charge in [0.25, 0.3) is 0 Å². The molecule has 0 spiro atoms. The molecule has 0 aliphatic heterocycles. The second-order valence-corrected chi connectivity index (χ2v) is 6.04. The molecule has 1 aromatic heterocycles. The Morgan fingerprint density at radius 1 is 1.30 bits per heavy atom. The van der Waals surface area contributed by atoms with Crippen molar-refractivity contribution in [2.24, 2.45) is 5.92 Å². The van der Waals surface area contributed by atoms with E-state index in [2.05, 4.69) is 39.7 Å². The first-order valence-corrected chi connectivity index (χ1v) is 7.26. The van der Waals surface area contributed by atoms with E-state index >= 15 is 0 Å². The van der Waals surface area contributed by atoms with Crippen molar-refractivity contribution in [3.63, 3.8) is 0 Å². The van der Waals surface area contributed by atoms with E-state index in [0.717, 1.165) is 27.7 Å². The zero-order valence-electron chi connectivity index (χ0n) is 11.7. The minimum atomic E-state index is -0.265. The van der Waals surface area contributed by atoms with Crippen molar-refractivity contribution >= 4 is 21.7 Å². The van der Waals surface area contributed by atoms with Gasteiger partial charge < -0.3 is 5.73 Å². The summed E-state index contributed by atoms with van der Waals surface area (Å²) in [5, 5.41) is 0. The van der Waals surface area contributed by atoms with E-state index in [4.69, 9.17) is 5.73 Å². The average molecular weight is 338 g/mol. The van der Waals surface area contributed by atoms with Gasteiger partial charge >= 0.3 is 0 Å². The van der Waals surface area contributed by atoms with Gasteiger partial charge in [0.2, 0.25) is 0 Å². The van der Waals surface area contributed by atoms with Crippen molar-refractivity contribution in [3.05, 3.63) is 39.7 Å². The molecule has 0 aliphatic carbocycles. The highest BCUT2D eigenvalue weighted by Gasteiger charge is 2.14. The Hall–Kier alpha value is -1.49. The summed E-state index contributed by atoms with van der Waals surface area (Å²) in [5.74, 6) is 1.15. The minimum Gasteiger partial charge on any atom is -0.383 e. The molecule has 1 aromatic carbocycles. The van der Waals surface area contributed by atoms with Gasteiger partial charge in [0.1, 0.15) is 11.6 Å². The van der Waals surface area contributed by atoms with Crippen molar-refractivity contribution in [2.75, 3.05) is 5.73 Å². The highest BCUT2D eigenvalue weighted by Crippen LogP contribution is 2.28. The molecule has 0 atom stereocenters. The number of nitrogen functional groups attached to an aromatic ring is 1. The molecule has 3 nitrogen and oxygen atoms in total. The number of rotatable bonds is 3. The molecule has 20 heavy (non-hydrogen) atoms. The van der Waals surface area contributed by atoms with E-state index in [1.165, 1.54) is 12.1 Å². The quantitative estimate of drug-likeness (QED) is 0.915. The molecule has 0 radical (unpaired) electrons. The highest BCUT2D eigenvalue weighted by molar-refractivity contribution is 9.10. The van der Waals surface area contributed by atoms with E-state index in [0.29, 0.717) is 17.6 Å². The molecule has 0 amide bonds. The maximum Gasteiger partial charge on any atom is 0.162 e. The predicted octanol–water partition coefficient (Wildman–Crippen LogP) is 4.13. The van der Waals surface area contributed by atoms with Gasteiger partial charge in [0.05, 0.1) is 10.2 Å². The Kier molecular flexibility index (Phi) is 4.38. The van der Waals surface area contributed by atoms with Gasteiger partial charge in [0, 0.05) is 5.56 Å². The van der Waals surface area contributed by atoms with Crippen LogP contribution in [-0.4, -0.2) is 9.97 Å². The zero-order chi connectivity index (χ0) is 14.9. The molecule has 2 rings (SSSR count). The fourth-order valence-corrected chi connectivity index (χ4v) is 2.37. The number of halogens is 2. The van der Waals surface area contributed by atoms with Crippen LogP contribution in [0.4, 0.5) is 10.2 Å². The first kappa shape index (κ1) is 14.9. The van der Waals surface area contributed by atoms with Crippen LogP contribution >= 0.6 is 15.9 Å². The molecule has 1 heterocycles. The number of hydrogen-bond acceptors (Lipinski definition) is 3. The maximum atomic E-state index is 13.2. The maximum absolute atomic E-state index is 13.2. The van der Waals surface area contributed by atoms with Crippen LogP contribution in [0, 0.1) is 18.7 Å². The standard InChI is InChI=1S/C15H17BrFN3/c1-8(2)6-12-13(16)14(18)20-15(19-12)11-5-4-10(17)7-9(11)3/h4-5,7-8H,6H2,1-3H3,(H2,18,19,20). The third-order valence-electron chi connectivity index (χ3n) is 2.98. The van der Waals surface area contributed by atoms with Gasteiger partial charge in [-0.1, -0.05) is 13.8 Å². The molecule has 0 unspecified atom stereocenters. The Morgan fingerprint density at radius 3 is 2.60 bits per heavy atom. The third kappa shape index (κ3) is 3.15. The first-order valence-electron chi connectivity index (χ1n) is 6.47. The molecule has 5 heteroatoms. The summed E-state index contributed by atoms with van der Waals surface area (Å²) in [6, 6.07) is 4.57. The lowest BCUT2D eigenvalue weighted by Crippen LogP contribution is -2.06. The molecular weight excluding hydrogens is 321 g/mol. The Bertz CT molecular complexity index is 641. The van der Waals surface area contributed by atoms with Crippen LogP contribution in [0.15, 0.2) is 22.7 Å². The van der Waals surface area contributed by atoms with Crippen LogP contribution in [0.1, 0.15) is 25.1 Å². The lowest BCUT2D eigenvalue weighted by Gasteiger charge is -2.12. The summed E-state index contributed by atoms with van der Waals surface area (Å²) in [6.07, 6.45) is 0.806. The summed E-state index contributed by atoms with van der Waals surface area (Å²) in [7, 11) is 0. The Balaban J connectivity index is 2.54. The van der Waals surface area contributed by atoms with Crippen LogP contribution < -0.4 is 5.73 Å². The van der Waals surface area contributed by atoms with Crippen LogP contribution in [0.25, 0.3) is 11.4 Å².